The molecule has 0 fully saturated rings. The smallest absolute Gasteiger partial charge is 0.118 e. The standard InChI is InChI=1S/C14H23NO/c1-5-15(4)8-6-7-13-9-12(3)14(16)10-11(13)2/h9-10,16H,5-8H2,1-4H3. The van der Waals surface area contributed by atoms with Gasteiger partial charge in [-0.1, -0.05) is 13.0 Å². The Bertz CT molecular complexity index is 347. The molecule has 0 aliphatic heterocycles. The largest absolute Gasteiger partial charge is 0.508 e. The Morgan fingerprint density at radius 2 is 1.88 bits per heavy atom. The Balaban J connectivity index is 2.57. The van der Waals surface area contributed by atoms with Crippen molar-refractivity contribution in [2.45, 2.75) is 33.6 Å². The maximum absolute atomic E-state index is 9.57. The van der Waals surface area contributed by atoms with Gasteiger partial charge in [-0.2, -0.15) is 0 Å². The van der Waals surface area contributed by atoms with E-state index >= 15 is 0 Å². The third-order valence-corrected chi connectivity index (χ3v) is 3.18. The Hall–Kier alpha value is -1.02. The van der Waals surface area contributed by atoms with Gasteiger partial charge in [0.25, 0.3) is 0 Å². The van der Waals surface area contributed by atoms with Crippen LogP contribution in [-0.2, 0) is 6.42 Å². The predicted molar refractivity (Wildman–Crippen MR) is 69.1 cm³/mol. The summed E-state index contributed by atoms with van der Waals surface area (Å²) in [5, 5.41) is 9.57. The summed E-state index contributed by atoms with van der Waals surface area (Å²) >= 11 is 0. The molecule has 90 valence electrons. The molecule has 1 N–H and O–H groups in total. The molecule has 0 saturated heterocycles. The fourth-order valence-electron chi connectivity index (χ4n) is 1.83. The Labute approximate surface area is 98.9 Å². The average Bonchev–Trinajstić information content (AvgIpc) is 2.25. The van der Waals surface area contributed by atoms with Gasteiger partial charge in [0, 0.05) is 0 Å². The van der Waals surface area contributed by atoms with Crippen molar-refractivity contribution in [3.05, 3.63) is 28.8 Å². The van der Waals surface area contributed by atoms with Crippen molar-refractivity contribution >= 4 is 0 Å². The van der Waals surface area contributed by atoms with Gasteiger partial charge in [-0.05, 0) is 69.6 Å². The van der Waals surface area contributed by atoms with Crippen LogP contribution in [0.5, 0.6) is 5.75 Å². The van der Waals surface area contributed by atoms with Gasteiger partial charge in [-0.15, -0.1) is 0 Å². The topological polar surface area (TPSA) is 23.5 Å². The first-order valence-electron chi connectivity index (χ1n) is 6.02. The molecule has 0 atom stereocenters. The second-order valence-corrected chi connectivity index (χ2v) is 4.56. The van der Waals surface area contributed by atoms with Crippen molar-refractivity contribution in [3.8, 4) is 5.75 Å². The summed E-state index contributed by atoms with van der Waals surface area (Å²) in [5.41, 5.74) is 3.53. The molecule has 0 unspecified atom stereocenters. The van der Waals surface area contributed by atoms with Gasteiger partial charge < -0.3 is 10.0 Å². The number of aromatic hydroxyl groups is 1. The van der Waals surface area contributed by atoms with Gasteiger partial charge >= 0.3 is 0 Å². The Kier molecular flexibility index (Phi) is 4.81. The molecule has 2 heteroatoms. The number of phenolic OH excluding ortho intramolecular Hbond substituents is 1. The van der Waals surface area contributed by atoms with Gasteiger partial charge in [0.1, 0.15) is 5.75 Å². The molecule has 0 spiro atoms. The molecule has 0 aromatic heterocycles. The lowest BCUT2D eigenvalue weighted by Crippen LogP contribution is -2.19. The molecule has 2 nitrogen and oxygen atoms in total. The van der Waals surface area contributed by atoms with Crippen LogP contribution in [0.4, 0.5) is 0 Å². The van der Waals surface area contributed by atoms with Crippen LogP contribution in [0.15, 0.2) is 12.1 Å². The third-order valence-electron chi connectivity index (χ3n) is 3.18. The second-order valence-electron chi connectivity index (χ2n) is 4.56. The van der Waals surface area contributed by atoms with Crippen LogP contribution < -0.4 is 0 Å². The van der Waals surface area contributed by atoms with Crippen LogP contribution >= 0.6 is 0 Å². The minimum atomic E-state index is 0.409. The predicted octanol–water partition coefficient (Wildman–Crippen LogP) is 2.89. The summed E-state index contributed by atoms with van der Waals surface area (Å²) in [6.45, 7) is 8.44. The van der Waals surface area contributed by atoms with Crippen LogP contribution in [0.25, 0.3) is 0 Å². The van der Waals surface area contributed by atoms with E-state index in [0.717, 1.165) is 25.1 Å². The van der Waals surface area contributed by atoms with E-state index in [1.54, 1.807) is 0 Å². The van der Waals surface area contributed by atoms with Crippen molar-refractivity contribution in [1.29, 1.82) is 0 Å². The molecule has 0 aliphatic carbocycles. The van der Waals surface area contributed by atoms with Crippen LogP contribution in [0.3, 0.4) is 0 Å². The van der Waals surface area contributed by atoms with E-state index in [4.69, 9.17) is 0 Å². The Morgan fingerprint density at radius 3 is 2.50 bits per heavy atom. The molecule has 0 aliphatic rings. The SMILES string of the molecule is CCN(C)CCCc1cc(C)c(O)cc1C. The molecule has 1 aromatic rings. The highest BCUT2D eigenvalue weighted by Gasteiger charge is 2.04. The fraction of sp³-hybridized carbons (Fsp3) is 0.571. The van der Waals surface area contributed by atoms with Crippen molar-refractivity contribution in [2.75, 3.05) is 20.1 Å². The fourth-order valence-corrected chi connectivity index (χ4v) is 1.83. The summed E-state index contributed by atoms with van der Waals surface area (Å²) in [5.74, 6) is 0.409. The molecule has 0 bridgehead atoms. The summed E-state index contributed by atoms with van der Waals surface area (Å²) in [6.07, 6.45) is 2.27. The molecular weight excluding hydrogens is 198 g/mol. The van der Waals surface area contributed by atoms with Gasteiger partial charge in [-0.25, -0.2) is 0 Å². The van der Waals surface area contributed by atoms with E-state index in [1.807, 2.05) is 13.0 Å². The van der Waals surface area contributed by atoms with E-state index in [-0.39, 0.29) is 0 Å². The van der Waals surface area contributed by atoms with E-state index in [0.29, 0.717) is 5.75 Å². The van der Waals surface area contributed by atoms with Crippen molar-refractivity contribution < 1.29 is 5.11 Å². The van der Waals surface area contributed by atoms with Crippen molar-refractivity contribution in [3.63, 3.8) is 0 Å². The van der Waals surface area contributed by atoms with Crippen LogP contribution in [0.1, 0.15) is 30.0 Å². The number of hydrogen-bond acceptors (Lipinski definition) is 2. The van der Waals surface area contributed by atoms with Crippen molar-refractivity contribution in [2.24, 2.45) is 0 Å². The molecular formula is C14H23NO. The molecule has 0 radical (unpaired) electrons. The number of aryl methyl sites for hydroxylation is 3. The van der Waals surface area contributed by atoms with Gasteiger partial charge in [0.2, 0.25) is 0 Å². The summed E-state index contributed by atoms with van der Waals surface area (Å²) in [4.78, 5) is 2.32. The first-order valence-corrected chi connectivity index (χ1v) is 6.02. The summed E-state index contributed by atoms with van der Waals surface area (Å²) in [6, 6.07) is 3.98. The number of nitrogens with zero attached hydrogens (tertiary/aromatic N) is 1. The van der Waals surface area contributed by atoms with E-state index in [1.165, 1.54) is 17.5 Å². The van der Waals surface area contributed by atoms with Crippen LogP contribution in [0.2, 0.25) is 0 Å². The maximum Gasteiger partial charge on any atom is 0.118 e. The average molecular weight is 221 g/mol. The Morgan fingerprint density at radius 1 is 1.19 bits per heavy atom. The minimum absolute atomic E-state index is 0.409. The lowest BCUT2D eigenvalue weighted by molar-refractivity contribution is 0.347. The molecule has 0 saturated carbocycles. The number of hydrogen-bond donors (Lipinski definition) is 1. The normalized spacial score (nSPS) is 11.1. The van der Waals surface area contributed by atoms with Crippen LogP contribution in [-0.4, -0.2) is 30.1 Å². The summed E-state index contributed by atoms with van der Waals surface area (Å²) in [7, 11) is 2.15. The highest BCUT2D eigenvalue weighted by atomic mass is 16.3. The molecule has 1 aromatic carbocycles. The van der Waals surface area contributed by atoms with Crippen molar-refractivity contribution in [1.82, 2.24) is 4.90 Å². The zero-order chi connectivity index (χ0) is 12.1. The third kappa shape index (κ3) is 3.53. The zero-order valence-corrected chi connectivity index (χ0v) is 10.9. The van der Waals surface area contributed by atoms with E-state index < -0.39 is 0 Å². The first-order chi connectivity index (χ1) is 7.54. The first kappa shape index (κ1) is 13.0. The monoisotopic (exact) mass is 221 g/mol. The van der Waals surface area contributed by atoms with E-state index in [9.17, 15) is 5.11 Å². The van der Waals surface area contributed by atoms with Gasteiger partial charge in [0.15, 0.2) is 0 Å². The lowest BCUT2D eigenvalue weighted by atomic mass is 10.0. The molecule has 1 rings (SSSR count). The number of rotatable bonds is 5. The minimum Gasteiger partial charge on any atom is -0.508 e. The number of benzene rings is 1. The quantitative estimate of drug-likeness (QED) is 0.826. The molecule has 0 amide bonds. The maximum atomic E-state index is 9.57. The molecule has 0 heterocycles. The zero-order valence-electron chi connectivity index (χ0n) is 10.9. The van der Waals surface area contributed by atoms with Crippen LogP contribution in [0, 0.1) is 13.8 Å². The highest BCUT2D eigenvalue weighted by Crippen LogP contribution is 2.22. The molecule has 16 heavy (non-hydrogen) atoms. The highest BCUT2D eigenvalue weighted by molar-refractivity contribution is 5.40. The number of phenols is 1. The lowest BCUT2D eigenvalue weighted by Gasteiger charge is -2.14. The van der Waals surface area contributed by atoms with Gasteiger partial charge in [-0.3, -0.25) is 0 Å². The second kappa shape index (κ2) is 5.90. The summed E-state index contributed by atoms with van der Waals surface area (Å²) < 4.78 is 0. The van der Waals surface area contributed by atoms with E-state index in [2.05, 4.69) is 31.9 Å². The van der Waals surface area contributed by atoms with Gasteiger partial charge in [0.05, 0.1) is 0 Å².